The Labute approximate surface area is 131 Å². The van der Waals surface area contributed by atoms with Crippen LogP contribution in [-0.4, -0.2) is 15.9 Å². The van der Waals surface area contributed by atoms with E-state index in [1.807, 2.05) is 30.3 Å². The summed E-state index contributed by atoms with van der Waals surface area (Å²) in [4.78, 5) is 22.7. The van der Waals surface area contributed by atoms with Crippen LogP contribution in [-0.2, 0) is 0 Å². The molecule has 0 heterocycles. The zero-order chi connectivity index (χ0) is 16.4. The minimum atomic E-state index is -0.590. The molecule has 114 valence electrons. The average Bonchev–Trinajstić information content (AvgIpc) is 2.56. The summed E-state index contributed by atoms with van der Waals surface area (Å²) >= 11 is 0. The zero-order valence-corrected chi connectivity index (χ0v) is 11.9. The first-order valence-corrected chi connectivity index (χ1v) is 6.83. The highest BCUT2D eigenvalue weighted by Gasteiger charge is 2.15. The smallest absolute Gasteiger partial charge is 0.271 e. The number of fused-ring (bicyclic) bond motifs is 1. The van der Waals surface area contributed by atoms with E-state index in [1.165, 1.54) is 12.1 Å². The van der Waals surface area contributed by atoms with Gasteiger partial charge in [0.05, 0.1) is 10.6 Å². The number of non-ortho nitro benzene ring substituents is 1. The van der Waals surface area contributed by atoms with Crippen molar-refractivity contribution < 1.29 is 14.8 Å². The number of phenolic OH excluding ortho intramolecular Hbond substituents is 1. The highest BCUT2D eigenvalue weighted by Crippen LogP contribution is 2.29. The van der Waals surface area contributed by atoms with Gasteiger partial charge in [0.15, 0.2) is 0 Å². The lowest BCUT2D eigenvalue weighted by atomic mass is 10.0. The van der Waals surface area contributed by atoms with Crippen molar-refractivity contribution in [1.82, 2.24) is 0 Å². The quantitative estimate of drug-likeness (QED) is 0.438. The molecule has 0 saturated carbocycles. The van der Waals surface area contributed by atoms with Crippen LogP contribution in [0.3, 0.4) is 0 Å². The number of benzene rings is 3. The van der Waals surface area contributed by atoms with Crippen LogP contribution >= 0.6 is 0 Å². The van der Waals surface area contributed by atoms with E-state index in [-0.39, 0.29) is 17.1 Å². The fraction of sp³-hybridized carbons (Fsp3) is 0. The minimum Gasteiger partial charge on any atom is -0.506 e. The Morgan fingerprint density at radius 3 is 2.57 bits per heavy atom. The molecule has 6 nitrogen and oxygen atoms in total. The van der Waals surface area contributed by atoms with Crippen LogP contribution in [0.5, 0.6) is 5.75 Å². The molecule has 3 aromatic carbocycles. The summed E-state index contributed by atoms with van der Waals surface area (Å²) in [6.45, 7) is 0. The molecular formula is C17H12N2O4. The molecule has 0 radical (unpaired) electrons. The molecule has 0 aromatic heterocycles. The van der Waals surface area contributed by atoms with Crippen LogP contribution < -0.4 is 5.32 Å². The average molecular weight is 308 g/mol. The third-order valence-corrected chi connectivity index (χ3v) is 3.47. The minimum absolute atomic E-state index is 0.00265. The van der Waals surface area contributed by atoms with Gasteiger partial charge in [-0.1, -0.05) is 36.4 Å². The van der Waals surface area contributed by atoms with Crippen LogP contribution in [0.25, 0.3) is 10.8 Å². The van der Waals surface area contributed by atoms with Gasteiger partial charge in [-0.15, -0.1) is 0 Å². The summed E-state index contributed by atoms with van der Waals surface area (Å²) in [5.74, 6) is -0.679. The van der Waals surface area contributed by atoms with Crippen molar-refractivity contribution >= 4 is 28.1 Å². The summed E-state index contributed by atoms with van der Waals surface area (Å²) in [7, 11) is 0. The number of nitro benzene ring substituents is 1. The molecular weight excluding hydrogens is 296 g/mol. The first-order valence-electron chi connectivity index (χ1n) is 6.83. The Balaban J connectivity index is 1.98. The topological polar surface area (TPSA) is 92.5 Å². The number of hydrogen-bond donors (Lipinski definition) is 2. The third-order valence-electron chi connectivity index (χ3n) is 3.47. The van der Waals surface area contributed by atoms with Gasteiger partial charge in [0.25, 0.3) is 11.6 Å². The standard InChI is InChI=1S/C17H12N2O4/c20-16-9-8-12(19(22)23)10-15(16)18-17(21)14-7-3-5-11-4-1-2-6-13(11)14/h1-10,20H,(H,18,21). The molecule has 6 heteroatoms. The van der Waals surface area contributed by atoms with Crippen molar-refractivity contribution in [3.63, 3.8) is 0 Å². The predicted octanol–water partition coefficient (Wildman–Crippen LogP) is 3.71. The Morgan fingerprint density at radius 2 is 1.78 bits per heavy atom. The SMILES string of the molecule is O=C(Nc1cc([N+](=O)[O-])ccc1O)c1cccc2ccccc12. The second-order valence-corrected chi connectivity index (χ2v) is 4.94. The second-order valence-electron chi connectivity index (χ2n) is 4.94. The van der Waals surface area contributed by atoms with E-state index in [0.717, 1.165) is 16.8 Å². The second kappa shape index (κ2) is 5.76. The van der Waals surface area contributed by atoms with Crippen LogP contribution in [0, 0.1) is 10.1 Å². The van der Waals surface area contributed by atoms with Gasteiger partial charge in [0, 0.05) is 17.7 Å². The van der Waals surface area contributed by atoms with Gasteiger partial charge in [0.1, 0.15) is 5.75 Å². The maximum Gasteiger partial charge on any atom is 0.271 e. The highest BCUT2D eigenvalue weighted by atomic mass is 16.6. The fourth-order valence-electron chi connectivity index (χ4n) is 2.35. The summed E-state index contributed by atoms with van der Waals surface area (Å²) in [6, 6.07) is 16.2. The van der Waals surface area contributed by atoms with E-state index in [2.05, 4.69) is 5.32 Å². The van der Waals surface area contributed by atoms with Gasteiger partial charge in [-0.3, -0.25) is 14.9 Å². The van der Waals surface area contributed by atoms with E-state index in [1.54, 1.807) is 12.1 Å². The Kier molecular flexibility index (Phi) is 3.64. The molecule has 2 N–H and O–H groups in total. The Bertz CT molecular complexity index is 916. The number of carbonyl (C=O) groups is 1. The normalized spacial score (nSPS) is 10.4. The molecule has 0 aliphatic rings. The first-order chi connectivity index (χ1) is 11.1. The molecule has 0 spiro atoms. The number of phenols is 1. The first kappa shape index (κ1) is 14.5. The monoisotopic (exact) mass is 308 g/mol. The molecule has 0 fully saturated rings. The van der Waals surface area contributed by atoms with Gasteiger partial charge in [0.2, 0.25) is 0 Å². The Hall–Kier alpha value is -3.41. The van der Waals surface area contributed by atoms with E-state index in [9.17, 15) is 20.0 Å². The molecule has 0 bridgehead atoms. The summed E-state index contributed by atoms with van der Waals surface area (Å²) in [6.07, 6.45) is 0. The number of aromatic hydroxyl groups is 1. The van der Waals surface area contributed by atoms with E-state index >= 15 is 0 Å². The highest BCUT2D eigenvalue weighted by molar-refractivity contribution is 6.13. The number of rotatable bonds is 3. The Morgan fingerprint density at radius 1 is 1.04 bits per heavy atom. The zero-order valence-electron chi connectivity index (χ0n) is 11.9. The maximum absolute atomic E-state index is 12.5. The molecule has 0 atom stereocenters. The van der Waals surface area contributed by atoms with Gasteiger partial charge in [-0.05, 0) is 22.9 Å². The molecule has 0 unspecified atom stereocenters. The summed E-state index contributed by atoms with van der Waals surface area (Å²) in [5, 5.41) is 24.8. The van der Waals surface area contributed by atoms with E-state index in [0.29, 0.717) is 5.56 Å². The van der Waals surface area contributed by atoms with Gasteiger partial charge in [-0.25, -0.2) is 0 Å². The molecule has 3 aromatic rings. The van der Waals surface area contributed by atoms with Crippen molar-refractivity contribution in [2.75, 3.05) is 5.32 Å². The molecule has 0 saturated heterocycles. The fourth-order valence-corrected chi connectivity index (χ4v) is 2.35. The lowest BCUT2D eigenvalue weighted by Gasteiger charge is -2.09. The molecule has 23 heavy (non-hydrogen) atoms. The molecule has 0 aliphatic heterocycles. The van der Waals surface area contributed by atoms with Crippen molar-refractivity contribution in [3.8, 4) is 5.75 Å². The van der Waals surface area contributed by atoms with E-state index < -0.39 is 10.8 Å². The number of amides is 1. The summed E-state index contributed by atoms with van der Waals surface area (Å²) < 4.78 is 0. The van der Waals surface area contributed by atoms with Crippen molar-refractivity contribution in [2.45, 2.75) is 0 Å². The van der Waals surface area contributed by atoms with Crippen molar-refractivity contribution in [3.05, 3.63) is 76.3 Å². The van der Waals surface area contributed by atoms with Crippen LogP contribution in [0.2, 0.25) is 0 Å². The van der Waals surface area contributed by atoms with Crippen LogP contribution in [0.1, 0.15) is 10.4 Å². The lowest BCUT2D eigenvalue weighted by Crippen LogP contribution is -2.12. The van der Waals surface area contributed by atoms with E-state index in [4.69, 9.17) is 0 Å². The number of nitrogens with zero attached hydrogens (tertiary/aromatic N) is 1. The molecule has 3 rings (SSSR count). The van der Waals surface area contributed by atoms with Crippen LogP contribution in [0.15, 0.2) is 60.7 Å². The van der Waals surface area contributed by atoms with Crippen molar-refractivity contribution in [1.29, 1.82) is 0 Å². The lowest BCUT2D eigenvalue weighted by molar-refractivity contribution is -0.384. The molecule has 1 amide bonds. The number of anilines is 1. The number of carbonyl (C=O) groups excluding carboxylic acids is 1. The van der Waals surface area contributed by atoms with Gasteiger partial charge >= 0.3 is 0 Å². The number of hydrogen-bond acceptors (Lipinski definition) is 4. The van der Waals surface area contributed by atoms with Crippen LogP contribution in [0.4, 0.5) is 11.4 Å². The molecule has 0 aliphatic carbocycles. The largest absolute Gasteiger partial charge is 0.506 e. The maximum atomic E-state index is 12.5. The third kappa shape index (κ3) is 2.82. The number of nitro groups is 1. The summed E-state index contributed by atoms with van der Waals surface area (Å²) in [5.41, 5.74) is 0.210. The number of nitrogens with one attached hydrogen (secondary N) is 1. The van der Waals surface area contributed by atoms with Gasteiger partial charge < -0.3 is 10.4 Å². The predicted molar refractivity (Wildman–Crippen MR) is 86.7 cm³/mol. The van der Waals surface area contributed by atoms with Crippen molar-refractivity contribution in [2.24, 2.45) is 0 Å². The van der Waals surface area contributed by atoms with Gasteiger partial charge in [-0.2, -0.15) is 0 Å².